The van der Waals surface area contributed by atoms with Gasteiger partial charge >= 0.3 is 0 Å². The predicted octanol–water partition coefficient (Wildman–Crippen LogP) is 4.56. The van der Waals surface area contributed by atoms with Gasteiger partial charge in [-0.3, -0.25) is 19.7 Å². The van der Waals surface area contributed by atoms with Crippen LogP contribution in [-0.2, 0) is 0 Å². The van der Waals surface area contributed by atoms with Crippen LogP contribution in [0.4, 0.5) is 17.1 Å². The fourth-order valence-electron chi connectivity index (χ4n) is 4.34. The van der Waals surface area contributed by atoms with Crippen molar-refractivity contribution in [3.8, 4) is 5.75 Å². The first-order chi connectivity index (χ1) is 17.9. The van der Waals surface area contributed by atoms with Gasteiger partial charge in [0.05, 0.1) is 12.0 Å². The maximum absolute atomic E-state index is 13.5. The zero-order chi connectivity index (χ0) is 25.9. The van der Waals surface area contributed by atoms with E-state index in [1.54, 1.807) is 36.3 Å². The zero-order valence-corrected chi connectivity index (χ0v) is 20.0. The molecule has 1 aliphatic rings. The second kappa shape index (κ2) is 10.0. The lowest BCUT2D eigenvalue weighted by Crippen LogP contribution is -2.48. The number of para-hydroxylation sites is 1. The first-order valence-corrected chi connectivity index (χ1v) is 11.7. The van der Waals surface area contributed by atoms with Crippen molar-refractivity contribution in [3.05, 3.63) is 94.2 Å². The molecule has 10 nitrogen and oxygen atoms in total. The van der Waals surface area contributed by atoms with Crippen molar-refractivity contribution in [2.75, 3.05) is 43.5 Å². The van der Waals surface area contributed by atoms with Gasteiger partial charge in [0.1, 0.15) is 17.0 Å². The van der Waals surface area contributed by atoms with E-state index in [0.29, 0.717) is 37.1 Å². The van der Waals surface area contributed by atoms with Gasteiger partial charge < -0.3 is 24.3 Å². The molecule has 2 heterocycles. The Labute approximate surface area is 212 Å². The summed E-state index contributed by atoms with van der Waals surface area (Å²) in [5.41, 5.74) is 1.91. The summed E-state index contributed by atoms with van der Waals surface area (Å²) in [6.07, 6.45) is 0. The largest absolute Gasteiger partial charge is 0.497 e. The lowest BCUT2D eigenvalue weighted by Gasteiger charge is -2.35. The second-order valence-electron chi connectivity index (χ2n) is 8.54. The Kier molecular flexibility index (Phi) is 6.46. The van der Waals surface area contributed by atoms with Gasteiger partial charge in [-0.15, -0.1) is 0 Å². The number of nitrogens with one attached hydrogen (secondary N) is 1. The molecule has 1 N–H and O–H groups in total. The molecule has 0 unspecified atom stereocenters. The fraction of sp³-hybridized carbons (Fsp3) is 0.185. The van der Waals surface area contributed by atoms with Crippen LogP contribution in [0.1, 0.15) is 20.9 Å². The highest BCUT2D eigenvalue weighted by atomic mass is 16.6. The van der Waals surface area contributed by atoms with E-state index in [4.69, 9.17) is 9.15 Å². The van der Waals surface area contributed by atoms with Crippen LogP contribution in [0.25, 0.3) is 11.0 Å². The van der Waals surface area contributed by atoms with E-state index < -0.39 is 10.8 Å². The molecular weight excluding hydrogens is 476 g/mol. The van der Waals surface area contributed by atoms with E-state index in [-0.39, 0.29) is 28.6 Å². The maximum Gasteiger partial charge on any atom is 0.291 e. The van der Waals surface area contributed by atoms with Crippen LogP contribution < -0.4 is 15.0 Å². The van der Waals surface area contributed by atoms with E-state index >= 15 is 0 Å². The van der Waals surface area contributed by atoms with Crippen molar-refractivity contribution in [3.63, 3.8) is 0 Å². The highest BCUT2D eigenvalue weighted by Crippen LogP contribution is 2.33. The number of amides is 2. The number of nitro benzene ring substituents is 1. The number of benzene rings is 3. The second-order valence-corrected chi connectivity index (χ2v) is 8.54. The molecule has 0 radical (unpaired) electrons. The molecule has 10 heteroatoms. The number of hydrogen-bond acceptors (Lipinski definition) is 7. The summed E-state index contributed by atoms with van der Waals surface area (Å²) in [5.74, 6) is 0.0181. The van der Waals surface area contributed by atoms with E-state index in [1.807, 2.05) is 24.3 Å². The molecule has 1 fully saturated rings. The molecule has 0 spiro atoms. The van der Waals surface area contributed by atoms with Crippen molar-refractivity contribution in [1.82, 2.24) is 4.90 Å². The molecule has 0 atom stereocenters. The normalized spacial score (nSPS) is 13.4. The van der Waals surface area contributed by atoms with Crippen molar-refractivity contribution >= 4 is 39.8 Å². The summed E-state index contributed by atoms with van der Waals surface area (Å²) >= 11 is 0. The van der Waals surface area contributed by atoms with Crippen LogP contribution >= 0.6 is 0 Å². The zero-order valence-electron chi connectivity index (χ0n) is 20.0. The van der Waals surface area contributed by atoms with Crippen molar-refractivity contribution < 1.29 is 23.7 Å². The van der Waals surface area contributed by atoms with Crippen LogP contribution in [0.3, 0.4) is 0 Å². The highest BCUT2D eigenvalue weighted by Gasteiger charge is 2.29. The van der Waals surface area contributed by atoms with Gasteiger partial charge in [-0.1, -0.05) is 12.1 Å². The molecule has 188 valence electrons. The Balaban J connectivity index is 1.35. The van der Waals surface area contributed by atoms with Crippen LogP contribution in [0.5, 0.6) is 5.75 Å². The molecule has 0 aliphatic carbocycles. The fourth-order valence-corrected chi connectivity index (χ4v) is 4.34. The number of carbonyl (C=O) groups is 2. The minimum Gasteiger partial charge on any atom is -0.497 e. The third-order valence-corrected chi connectivity index (χ3v) is 6.37. The first-order valence-electron chi connectivity index (χ1n) is 11.7. The summed E-state index contributed by atoms with van der Waals surface area (Å²) < 4.78 is 11.1. The molecule has 0 bridgehead atoms. The van der Waals surface area contributed by atoms with Gasteiger partial charge in [0.25, 0.3) is 17.5 Å². The van der Waals surface area contributed by atoms with E-state index in [1.165, 1.54) is 24.3 Å². The summed E-state index contributed by atoms with van der Waals surface area (Å²) in [6, 6.07) is 20.1. The van der Waals surface area contributed by atoms with E-state index in [0.717, 1.165) is 11.4 Å². The number of ether oxygens (including phenoxy) is 1. The third-order valence-electron chi connectivity index (χ3n) is 6.37. The lowest BCUT2D eigenvalue weighted by molar-refractivity contribution is -0.384. The van der Waals surface area contributed by atoms with Crippen LogP contribution in [0.15, 0.2) is 77.2 Å². The standard InChI is InChI=1S/C27H24N4O6/c1-36-21-12-10-19(11-13-21)29-14-16-30(17-15-29)27(33)25-24(22-4-2-3-5-23(22)37-25)28-26(32)18-6-8-20(9-7-18)31(34)35/h2-13H,14-17H2,1H3,(H,28,32). The smallest absolute Gasteiger partial charge is 0.291 e. The Morgan fingerprint density at radius 3 is 2.27 bits per heavy atom. The quantitative estimate of drug-likeness (QED) is 0.304. The van der Waals surface area contributed by atoms with Crippen molar-refractivity contribution in [2.24, 2.45) is 0 Å². The van der Waals surface area contributed by atoms with Gasteiger partial charge in [-0.2, -0.15) is 0 Å². The topological polar surface area (TPSA) is 118 Å². The molecule has 37 heavy (non-hydrogen) atoms. The predicted molar refractivity (Wildman–Crippen MR) is 138 cm³/mol. The number of piperazine rings is 1. The minimum absolute atomic E-state index is 0.0503. The lowest BCUT2D eigenvalue weighted by atomic mass is 10.1. The summed E-state index contributed by atoms with van der Waals surface area (Å²) in [6.45, 7) is 2.25. The van der Waals surface area contributed by atoms with Crippen LogP contribution in [0.2, 0.25) is 0 Å². The van der Waals surface area contributed by atoms with Crippen molar-refractivity contribution in [1.29, 1.82) is 0 Å². The Bertz CT molecular complexity index is 1450. The third kappa shape index (κ3) is 4.81. The number of nitrogens with zero attached hydrogens (tertiary/aromatic N) is 3. The maximum atomic E-state index is 13.5. The number of rotatable bonds is 6. The molecule has 1 aromatic heterocycles. The molecular formula is C27H24N4O6. The number of anilines is 2. The van der Waals surface area contributed by atoms with E-state index in [2.05, 4.69) is 10.2 Å². The summed E-state index contributed by atoms with van der Waals surface area (Å²) in [5, 5.41) is 14.3. The average molecular weight is 501 g/mol. The number of fused-ring (bicyclic) bond motifs is 1. The van der Waals surface area contributed by atoms with Crippen molar-refractivity contribution in [2.45, 2.75) is 0 Å². The number of methoxy groups -OCH3 is 1. The first kappa shape index (κ1) is 23.9. The molecule has 5 rings (SSSR count). The van der Waals surface area contributed by atoms with Crippen LogP contribution in [-0.4, -0.2) is 54.9 Å². The summed E-state index contributed by atoms with van der Waals surface area (Å²) in [7, 11) is 1.63. The van der Waals surface area contributed by atoms with Gasteiger partial charge in [0, 0.05) is 54.9 Å². The number of hydrogen-bond donors (Lipinski definition) is 1. The van der Waals surface area contributed by atoms with Gasteiger partial charge in [0.15, 0.2) is 0 Å². The van der Waals surface area contributed by atoms with Gasteiger partial charge in [-0.25, -0.2) is 0 Å². The average Bonchev–Trinajstić information content (AvgIpc) is 3.31. The SMILES string of the molecule is COc1ccc(N2CCN(C(=O)c3oc4ccccc4c3NC(=O)c3ccc([N+](=O)[O-])cc3)CC2)cc1. The molecule has 1 saturated heterocycles. The molecule has 3 aromatic carbocycles. The Morgan fingerprint density at radius 1 is 0.946 bits per heavy atom. The Morgan fingerprint density at radius 2 is 1.62 bits per heavy atom. The number of carbonyl (C=O) groups excluding carboxylic acids is 2. The monoisotopic (exact) mass is 500 g/mol. The molecule has 4 aromatic rings. The highest BCUT2D eigenvalue weighted by molar-refractivity contribution is 6.14. The summed E-state index contributed by atoms with van der Waals surface area (Å²) in [4.78, 5) is 40.8. The van der Waals surface area contributed by atoms with Gasteiger partial charge in [-0.05, 0) is 48.5 Å². The number of nitro groups is 1. The van der Waals surface area contributed by atoms with E-state index in [9.17, 15) is 19.7 Å². The molecule has 1 aliphatic heterocycles. The molecule has 2 amide bonds. The van der Waals surface area contributed by atoms with Crippen LogP contribution in [0, 0.1) is 10.1 Å². The Hall–Kier alpha value is -4.86. The minimum atomic E-state index is -0.531. The number of furan rings is 1. The van der Waals surface area contributed by atoms with Gasteiger partial charge in [0.2, 0.25) is 5.76 Å². The number of non-ortho nitro benzene ring substituents is 1. The molecule has 0 saturated carbocycles.